The number of hydrogen-bond acceptors (Lipinski definition) is 6. The van der Waals surface area contributed by atoms with Crippen molar-refractivity contribution in [2.45, 2.75) is 115 Å². The van der Waals surface area contributed by atoms with Gasteiger partial charge in [-0.3, -0.25) is 0 Å². The smallest absolute Gasteiger partial charge is 0.364 e. The summed E-state index contributed by atoms with van der Waals surface area (Å²) in [4.78, 5) is 10.5. The number of carboxylic acids is 1. The van der Waals surface area contributed by atoms with Crippen molar-refractivity contribution in [3.8, 4) is 0 Å². The molecule has 0 unspecified atom stereocenters. The van der Waals surface area contributed by atoms with E-state index in [9.17, 15) is 4.79 Å². The fraction of sp³-hybridized carbons (Fsp3) is 0.952. The van der Waals surface area contributed by atoms with E-state index in [1.165, 1.54) is 64.2 Å². The Morgan fingerprint density at radius 3 is 1.29 bits per heavy atom. The fourth-order valence-electron chi connectivity index (χ4n) is 2.73. The van der Waals surface area contributed by atoms with Crippen molar-refractivity contribution in [3.63, 3.8) is 0 Å². The molecule has 0 heterocycles. The molecule has 0 aromatic heterocycles. The Balaban J connectivity index is 0. The molecule has 0 spiro atoms. The van der Waals surface area contributed by atoms with Gasteiger partial charge in [-0.15, -0.1) is 0 Å². The van der Waals surface area contributed by atoms with Crippen LogP contribution in [0.5, 0.6) is 0 Å². The van der Waals surface area contributed by atoms with Gasteiger partial charge in [0.1, 0.15) is 6.10 Å². The van der Waals surface area contributed by atoms with Gasteiger partial charge < -0.3 is 30.6 Å². The second-order valence-electron chi connectivity index (χ2n) is 7.49. The predicted octanol–water partition coefficient (Wildman–Crippen LogP) is 2.96. The molecule has 170 valence electrons. The molecular weight excluding hydrogens is 364 g/mol. The van der Waals surface area contributed by atoms with E-state index in [0.717, 1.165) is 19.3 Å². The van der Waals surface area contributed by atoms with Crippen LogP contribution in [0.4, 0.5) is 0 Å². The Morgan fingerprint density at radius 2 is 1.04 bits per heavy atom. The highest BCUT2D eigenvalue weighted by molar-refractivity contribution is 5.74. The van der Waals surface area contributed by atoms with Crippen molar-refractivity contribution in [2.75, 3.05) is 13.2 Å². The second kappa shape index (κ2) is 21.0. The molecule has 0 saturated carbocycles. The summed E-state index contributed by atoms with van der Waals surface area (Å²) in [6, 6.07) is 0. The van der Waals surface area contributed by atoms with Crippen molar-refractivity contribution in [3.05, 3.63) is 0 Å². The maximum absolute atomic E-state index is 10.5. The van der Waals surface area contributed by atoms with Crippen LogP contribution in [0.2, 0.25) is 0 Å². The van der Waals surface area contributed by atoms with Crippen molar-refractivity contribution in [1.82, 2.24) is 0 Å². The van der Waals surface area contributed by atoms with E-state index in [2.05, 4.69) is 6.92 Å². The molecular formula is C21H44O7. The van der Waals surface area contributed by atoms with Gasteiger partial charge in [0.2, 0.25) is 0 Å². The first-order valence-corrected chi connectivity index (χ1v) is 10.9. The number of aliphatic hydroxyl groups excluding tert-OH is 3. The molecule has 28 heavy (non-hydrogen) atoms. The van der Waals surface area contributed by atoms with Crippen LogP contribution in [0.3, 0.4) is 0 Å². The Hall–Kier alpha value is -0.730. The van der Waals surface area contributed by atoms with Crippen molar-refractivity contribution in [1.29, 1.82) is 0 Å². The quantitative estimate of drug-likeness (QED) is 0.151. The lowest BCUT2D eigenvalue weighted by Crippen LogP contribution is -2.37. The van der Waals surface area contributed by atoms with Crippen LogP contribution in [-0.4, -0.2) is 61.7 Å². The second-order valence-corrected chi connectivity index (χ2v) is 7.49. The molecule has 0 aromatic carbocycles. The van der Waals surface area contributed by atoms with Gasteiger partial charge in [-0.05, 0) is 6.42 Å². The van der Waals surface area contributed by atoms with E-state index in [1.54, 1.807) is 0 Å². The zero-order chi connectivity index (χ0) is 21.7. The standard InChI is InChI=1S/C18H36O4.C3H8O3/c1-2-3-4-5-6-7-8-9-10-11-12-13-14-15-16-18(21,22)17(19)20;4-1-3(6)2-5/h21-22H,2-16H2,1H3,(H,19,20);3-6H,1-2H2. The van der Waals surface area contributed by atoms with E-state index in [0.29, 0.717) is 6.42 Å². The first-order chi connectivity index (χ1) is 13.3. The minimum absolute atomic E-state index is 0.0830. The Bertz CT molecular complexity index is 331. The first kappa shape index (κ1) is 29.5. The van der Waals surface area contributed by atoms with Gasteiger partial charge in [-0.1, -0.05) is 90.4 Å². The van der Waals surface area contributed by atoms with Gasteiger partial charge in [0.05, 0.1) is 13.2 Å². The molecule has 0 saturated heterocycles. The molecule has 7 nitrogen and oxygen atoms in total. The third kappa shape index (κ3) is 21.6. The van der Waals surface area contributed by atoms with Crippen molar-refractivity contribution < 1.29 is 35.4 Å². The predicted molar refractivity (Wildman–Crippen MR) is 110 cm³/mol. The minimum atomic E-state index is -2.54. The molecule has 0 rings (SSSR count). The van der Waals surface area contributed by atoms with E-state index < -0.39 is 17.9 Å². The lowest BCUT2D eigenvalue weighted by molar-refractivity contribution is -0.205. The molecule has 6 N–H and O–H groups in total. The molecule has 7 heteroatoms. The summed E-state index contributed by atoms with van der Waals surface area (Å²) >= 11 is 0. The highest BCUT2D eigenvalue weighted by Gasteiger charge is 2.31. The summed E-state index contributed by atoms with van der Waals surface area (Å²) in [5.74, 6) is -4.10. The van der Waals surface area contributed by atoms with Gasteiger partial charge in [0.15, 0.2) is 0 Å². The van der Waals surface area contributed by atoms with Crippen LogP contribution in [0.1, 0.15) is 103 Å². The molecule has 0 bridgehead atoms. The van der Waals surface area contributed by atoms with E-state index in [1.807, 2.05) is 0 Å². The largest absolute Gasteiger partial charge is 0.477 e. The van der Waals surface area contributed by atoms with Gasteiger partial charge in [-0.2, -0.15) is 0 Å². The van der Waals surface area contributed by atoms with Gasteiger partial charge in [0.25, 0.3) is 5.79 Å². The highest BCUT2D eigenvalue weighted by atomic mass is 16.5. The molecule has 0 radical (unpaired) electrons. The number of unbranched alkanes of at least 4 members (excludes halogenated alkanes) is 13. The maximum Gasteiger partial charge on any atom is 0.364 e. The number of rotatable bonds is 18. The third-order valence-corrected chi connectivity index (χ3v) is 4.64. The molecule has 0 fully saturated rings. The average Bonchev–Trinajstić information content (AvgIpc) is 2.67. The maximum atomic E-state index is 10.5. The average molecular weight is 409 g/mol. The van der Waals surface area contributed by atoms with E-state index in [4.69, 9.17) is 30.6 Å². The summed E-state index contributed by atoms with van der Waals surface area (Å²) in [6.07, 6.45) is 16.0. The lowest BCUT2D eigenvalue weighted by Gasteiger charge is -2.15. The monoisotopic (exact) mass is 408 g/mol. The molecule has 0 aliphatic rings. The zero-order valence-corrected chi connectivity index (χ0v) is 17.7. The number of hydrogen-bond donors (Lipinski definition) is 6. The lowest BCUT2D eigenvalue weighted by atomic mass is 10.0. The summed E-state index contributed by atoms with van der Waals surface area (Å²) in [6.45, 7) is 1.52. The summed E-state index contributed by atoms with van der Waals surface area (Å²) in [5, 5.41) is 50.8. The van der Waals surface area contributed by atoms with Gasteiger partial charge in [-0.25, -0.2) is 4.79 Å². The van der Waals surface area contributed by atoms with Crippen LogP contribution in [-0.2, 0) is 4.79 Å². The number of carboxylic acid groups (broad SMARTS) is 1. The zero-order valence-electron chi connectivity index (χ0n) is 17.7. The molecule has 0 amide bonds. The third-order valence-electron chi connectivity index (χ3n) is 4.64. The summed E-state index contributed by atoms with van der Waals surface area (Å²) in [7, 11) is 0. The number of aliphatic carboxylic acids is 1. The number of aliphatic hydroxyl groups is 5. The fourth-order valence-corrected chi connectivity index (χ4v) is 2.73. The summed E-state index contributed by atoms with van der Waals surface area (Å²) in [5.41, 5.74) is 0. The highest BCUT2D eigenvalue weighted by Crippen LogP contribution is 2.16. The Morgan fingerprint density at radius 1 is 0.714 bits per heavy atom. The van der Waals surface area contributed by atoms with E-state index >= 15 is 0 Å². The first-order valence-electron chi connectivity index (χ1n) is 10.9. The molecule has 0 aliphatic carbocycles. The van der Waals surface area contributed by atoms with Crippen LogP contribution in [0, 0.1) is 0 Å². The van der Waals surface area contributed by atoms with E-state index in [-0.39, 0.29) is 19.6 Å². The summed E-state index contributed by atoms with van der Waals surface area (Å²) < 4.78 is 0. The van der Waals surface area contributed by atoms with Crippen LogP contribution in [0.25, 0.3) is 0 Å². The normalized spacial score (nSPS) is 11.4. The molecule has 0 atom stereocenters. The minimum Gasteiger partial charge on any atom is -0.477 e. The SMILES string of the molecule is CCCCCCCCCCCCCCCCC(O)(O)C(=O)O.OCC(O)CO. The Kier molecular flexibility index (Phi) is 22.1. The van der Waals surface area contributed by atoms with Crippen LogP contribution >= 0.6 is 0 Å². The van der Waals surface area contributed by atoms with Crippen LogP contribution < -0.4 is 0 Å². The molecule has 0 aromatic rings. The van der Waals surface area contributed by atoms with Crippen LogP contribution in [0.15, 0.2) is 0 Å². The number of carbonyl (C=O) groups is 1. The van der Waals surface area contributed by atoms with Gasteiger partial charge in [0, 0.05) is 6.42 Å². The molecule has 0 aliphatic heterocycles. The van der Waals surface area contributed by atoms with Crippen molar-refractivity contribution >= 4 is 5.97 Å². The van der Waals surface area contributed by atoms with Gasteiger partial charge >= 0.3 is 5.97 Å². The topological polar surface area (TPSA) is 138 Å². The van der Waals surface area contributed by atoms with Crippen molar-refractivity contribution in [2.24, 2.45) is 0 Å². The Labute approximate surface area is 170 Å².